The van der Waals surface area contributed by atoms with Crippen molar-refractivity contribution in [3.8, 4) is 0 Å². The molecule has 1 nitrogen and oxygen atoms in total. The van der Waals surface area contributed by atoms with Crippen molar-refractivity contribution in [2.75, 3.05) is 5.32 Å². The van der Waals surface area contributed by atoms with Crippen molar-refractivity contribution >= 4 is 5.69 Å². The molecule has 0 saturated carbocycles. The molecule has 0 fully saturated rings. The number of hydrogen-bond donors (Lipinski definition) is 1. The van der Waals surface area contributed by atoms with Crippen LogP contribution >= 0.6 is 0 Å². The Hall–Kier alpha value is -1.97. The summed E-state index contributed by atoms with van der Waals surface area (Å²) in [5, 5.41) is 2.91. The van der Waals surface area contributed by atoms with Gasteiger partial charge in [0.2, 0.25) is 0 Å². The van der Waals surface area contributed by atoms with Gasteiger partial charge in [0.15, 0.2) is 11.6 Å². The predicted octanol–water partition coefficient (Wildman–Crippen LogP) is 4.15. The van der Waals surface area contributed by atoms with E-state index < -0.39 is 11.6 Å². The van der Waals surface area contributed by atoms with E-state index in [1.54, 1.807) is 12.1 Å². The van der Waals surface area contributed by atoms with E-state index in [4.69, 9.17) is 0 Å². The summed E-state index contributed by atoms with van der Waals surface area (Å²) in [6.07, 6.45) is 0.593. The standard InChI is InChI=1S/C15H14F3N/c1-10(9-11-5-7-12(16)8-6-11)19-14-4-2-3-13(17)15(14)18/h2-8,10,19H,9H2,1H3. The molecule has 0 bridgehead atoms. The van der Waals surface area contributed by atoms with Crippen LogP contribution in [0.2, 0.25) is 0 Å². The molecule has 2 aromatic carbocycles. The molecule has 0 spiro atoms. The van der Waals surface area contributed by atoms with Crippen LogP contribution in [0, 0.1) is 17.5 Å². The third-order valence-corrected chi connectivity index (χ3v) is 2.81. The highest BCUT2D eigenvalue weighted by molar-refractivity contribution is 5.46. The highest BCUT2D eigenvalue weighted by Crippen LogP contribution is 2.18. The van der Waals surface area contributed by atoms with Crippen molar-refractivity contribution in [3.63, 3.8) is 0 Å². The average molecular weight is 265 g/mol. The van der Waals surface area contributed by atoms with Crippen molar-refractivity contribution in [3.05, 3.63) is 65.5 Å². The molecule has 1 atom stereocenters. The van der Waals surface area contributed by atoms with Crippen LogP contribution in [0.3, 0.4) is 0 Å². The van der Waals surface area contributed by atoms with E-state index in [0.29, 0.717) is 6.42 Å². The lowest BCUT2D eigenvalue weighted by Crippen LogP contribution is -2.19. The Morgan fingerprint density at radius 1 is 1.00 bits per heavy atom. The van der Waals surface area contributed by atoms with Crippen molar-refractivity contribution in [2.24, 2.45) is 0 Å². The van der Waals surface area contributed by atoms with Gasteiger partial charge in [-0.2, -0.15) is 0 Å². The molecule has 0 aliphatic heterocycles. The Labute approximate surface area is 110 Å². The molecule has 0 heterocycles. The number of rotatable bonds is 4. The van der Waals surface area contributed by atoms with Gasteiger partial charge in [-0.05, 0) is 43.2 Å². The van der Waals surface area contributed by atoms with Crippen molar-refractivity contribution in [1.29, 1.82) is 0 Å². The van der Waals surface area contributed by atoms with Crippen LogP contribution in [0.4, 0.5) is 18.9 Å². The van der Waals surface area contributed by atoms with Gasteiger partial charge in [0, 0.05) is 6.04 Å². The van der Waals surface area contributed by atoms with Crippen molar-refractivity contribution in [1.82, 2.24) is 0 Å². The van der Waals surface area contributed by atoms with E-state index in [0.717, 1.165) is 11.6 Å². The summed E-state index contributed by atoms with van der Waals surface area (Å²) in [5.41, 5.74) is 1.06. The molecular formula is C15H14F3N. The molecule has 0 aromatic heterocycles. The molecule has 2 aromatic rings. The van der Waals surface area contributed by atoms with E-state index >= 15 is 0 Å². The van der Waals surface area contributed by atoms with E-state index in [1.165, 1.54) is 24.3 Å². The summed E-state index contributed by atoms with van der Waals surface area (Å²) >= 11 is 0. The SMILES string of the molecule is CC(Cc1ccc(F)cc1)Nc1cccc(F)c1F. The topological polar surface area (TPSA) is 12.0 Å². The van der Waals surface area contributed by atoms with Gasteiger partial charge in [0.25, 0.3) is 0 Å². The smallest absolute Gasteiger partial charge is 0.181 e. The molecule has 0 aliphatic rings. The lowest BCUT2D eigenvalue weighted by atomic mass is 10.1. The molecule has 1 unspecified atom stereocenters. The summed E-state index contributed by atoms with van der Waals surface area (Å²) in [5.74, 6) is -2.05. The monoisotopic (exact) mass is 265 g/mol. The highest BCUT2D eigenvalue weighted by atomic mass is 19.2. The molecule has 2 rings (SSSR count). The zero-order valence-corrected chi connectivity index (χ0v) is 10.5. The minimum atomic E-state index is -0.881. The largest absolute Gasteiger partial charge is 0.380 e. The van der Waals surface area contributed by atoms with Gasteiger partial charge in [0.1, 0.15) is 5.82 Å². The Morgan fingerprint density at radius 3 is 2.37 bits per heavy atom. The minimum Gasteiger partial charge on any atom is -0.380 e. The molecule has 0 aliphatic carbocycles. The van der Waals surface area contributed by atoms with Crippen LogP contribution in [-0.2, 0) is 6.42 Å². The third kappa shape index (κ3) is 3.50. The first-order valence-electron chi connectivity index (χ1n) is 6.01. The molecule has 19 heavy (non-hydrogen) atoms. The van der Waals surface area contributed by atoms with Crippen LogP contribution in [0.1, 0.15) is 12.5 Å². The average Bonchev–Trinajstić information content (AvgIpc) is 2.38. The zero-order valence-electron chi connectivity index (χ0n) is 10.5. The lowest BCUT2D eigenvalue weighted by Gasteiger charge is -2.16. The van der Waals surface area contributed by atoms with Gasteiger partial charge in [-0.25, -0.2) is 13.2 Å². The second-order valence-electron chi connectivity index (χ2n) is 4.48. The van der Waals surface area contributed by atoms with Gasteiger partial charge in [-0.1, -0.05) is 18.2 Å². The van der Waals surface area contributed by atoms with Crippen LogP contribution in [0.15, 0.2) is 42.5 Å². The second kappa shape index (κ2) is 5.78. The van der Waals surface area contributed by atoms with Gasteiger partial charge in [-0.15, -0.1) is 0 Å². The predicted molar refractivity (Wildman–Crippen MR) is 69.5 cm³/mol. The van der Waals surface area contributed by atoms with Crippen LogP contribution < -0.4 is 5.32 Å². The minimum absolute atomic E-state index is 0.0956. The number of benzene rings is 2. The highest BCUT2D eigenvalue weighted by Gasteiger charge is 2.10. The van der Waals surface area contributed by atoms with Crippen LogP contribution in [-0.4, -0.2) is 6.04 Å². The normalized spacial score (nSPS) is 12.2. The molecule has 0 amide bonds. The van der Waals surface area contributed by atoms with Crippen LogP contribution in [0.5, 0.6) is 0 Å². The number of hydrogen-bond acceptors (Lipinski definition) is 1. The van der Waals surface area contributed by atoms with E-state index in [1.807, 2.05) is 6.92 Å². The fourth-order valence-corrected chi connectivity index (χ4v) is 1.91. The number of anilines is 1. The first kappa shape index (κ1) is 13.5. The quantitative estimate of drug-likeness (QED) is 0.875. The van der Waals surface area contributed by atoms with Gasteiger partial charge < -0.3 is 5.32 Å². The fourth-order valence-electron chi connectivity index (χ4n) is 1.91. The molecule has 100 valence electrons. The summed E-state index contributed by atoms with van der Waals surface area (Å²) in [4.78, 5) is 0. The molecule has 0 radical (unpaired) electrons. The Bertz CT molecular complexity index is 552. The van der Waals surface area contributed by atoms with Gasteiger partial charge in [-0.3, -0.25) is 0 Å². The summed E-state index contributed by atoms with van der Waals surface area (Å²) in [6.45, 7) is 1.85. The molecular weight excluding hydrogens is 251 g/mol. The first-order chi connectivity index (χ1) is 9.06. The maximum absolute atomic E-state index is 13.5. The van der Waals surface area contributed by atoms with Crippen molar-refractivity contribution in [2.45, 2.75) is 19.4 Å². The summed E-state index contributed by atoms with van der Waals surface area (Å²) < 4.78 is 39.3. The van der Waals surface area contributed by atoms with E-state index in [2.05, 4.69) is 5.32 Å². The van der Waals surface area contributed by atoms with E-state index in [9.17, 15) is 13.2 Å². The van der Waals surface area contributed by atoms with Gasteiger partial charge >= 0.3 is 0 Å². The second-order valence-corrected chi connectivity index (χ2v) is 4.48. The molecule has 0 saturated heterocycles. The summed E-state index contributed by atoms with van der Waals surface area (Å²) in [6, 6.07) is 10.0. The maximum atomic E-state index is 13.5. The Morgan fingerprint density at radius 2 is 1.68 bits per heavy atom. The van der Waals surface area contributed by atoms with Crippen LogP contribution in [0.25, 0.3) is 0 Å². The fraction of sp³-hybridized carbons (Fsp3) is 0.200. The Balaban J connectivity index is 2.03. The zero-order chi connectivity index (χ0) is 13.8. The maximum Gasteiger partial charge on any atom is 0.181 e. The molecule has 4 heteroatoms. The van der Waals surface area contributed by atoms with Gasteiger partial charge in [0.05, 0.1) is 5.69 Å². The molecule has 1 N–H and O–H groups in total. The summed E-state index contributed by atoms with van der Waals surface area (Å²) in [7, 11) is 0. The van der Waals surface area contributed by atoms with E-state index in [-0.39, 0.29) is 17.5 Å². The number of halogens is 3. The lowest BCUT2D eigenvalue weighted by molar-refractivity contribution is 0.509. The first-order valence-corrected chi connectivity index (χ1v) is 6.01. The third-order valence-electron chi connectivity index (χ3n) is 2.81. The number of nitrogens with one attached hydrogen (secondary N) is 1. The Kier molecular flexibility index (Phi) is 4.10. The van der Waals surface area contributed by atoms with Crippen molar-refractivity contribution < 1.29 is 13.2 Å².